The number of aromatic nitrogens is 2. The third-order valence-electron chi connectivity index (χ3n) is 3.45. The van der Waals surface area contributed by atoms with Crippen LogP contribution in [-0.4, -0.2) is 30.0 Å². The van der Waals surface area contributed by atoms with Crippen LogP contribution in [0.1, 0.15) is 17.2 Å². The SMILES string of the molecule is CNC(Cn1cc(C)cn1)c1ccc2c(c1)OCCO2. The molecule has 0 spiro atoms. The standard InChI is InChI=1S/C15H19N3O2/c1-11-8-17-18(9-11)10-13(16-2)12-3-4-14-15(7-12)20-6-5-19-14/h3-4,7-9,13,16H,5-6,10H2,1-2H3. The molecule has 0 fully saturated rings. The normalized spacial score (nSPS) is 15.1. The van der Waals surface area contributed by atoms with Crippen molar-refractivity contribution in [2.75, 3.05) is 20.3 Å². The summed E-state index contributed by atoms with van der Waals surface area (Å²) in [5.41, 5.74) is 2.34. The highest BCUT2D eigenvalue weighted by Gasteiger charge is 2.16. The number of nitrogens with zero attached hydrogens (tertiary/aromatic N) is 2. The molecule has 0 aliphatic carbocycles. The van der Waals surface area contributed by atoms with Crippen LogP contribution in [0, 0.1) is 6.92 Å². The Labute approximate surface area is 118 Å². The summed E-state index contributed by atoms with van der Waals surface area (Å²) >= 11 is 0. The molecule has 0 saturated carbocycles. The number of nitrogens with one attached hydrogen (secondary N) is 1. The first-order valence-corrected chi connectivity index (χ1v) is 6.82. The molecular weight excluding hydrogens is 254 g/mol. The average molecular weight is 273 g/mol. The van der Waals surface area contributed by atoms with Gasteiger partial charge in [-0.2, -0.15) is 5.10 Å². The van der Waals surface area contributed by atoms with Crippen molar-refractivity contribution in [2.24, 2.45) is 0 Å². The van der Waals surface area contributed by atoms with E-state index < -0.39 is 0 Å². The van der Waals surface area contributed by atoms with E-state index in [2.05, 4.69) is 16.5 Å². The Kier molecular flexibility index (Phi) is 3.60. The monoisotopic (exact) mass is 273 g/mol. The number of fused-ring (bicyclic) bond motifs is 1. The molecule has 20 heavy (non-hydrogen) atoms. The molecule has 2 aromatic rings. The Bertz CT molecular complexity index is 595. The second-order valence-electron chi connectivity index (χ2n) is 4.98. The van der Waals surface area contributed by atoms with Crippen LogP contribution >= 0.6 is 0 Å². The molecule has 1 aliphatic rings. The summed E-state index contributed by atoms with van der Waals surface area (Å²) in [5.74, 6) is 1.65. The summed E-state index contributed by atoms with van der Waals surface area (Å²) in [5, 5.41) is 7.66. The molecule has 0 bridgehead atoms. The number of rotatable bonds is 4. The summed E-state index contributed by atoms with van der Waals surface area (Å²) in [4.78, 5) is 0. The lowest BCUT2D eigenvalue weighted by atomic mass is 10.1. The summed E-state index contributed by atoms with van der Waals surface area (Å²) in [6.07, 6.45) is 3.92. The molecule has 0 saturated heterocycles. The quantitative estimate of drug-likeness (QED) is 0.924. The van der Waals surface area contributed by atoms with E-state index in [4.69, 9.17) is 9.47 Å². The Balaban J connectivity index is 1.81. The number of ether oxygens (including phenoxy) is 2. The van der Waals surface area contributed by atoms with Gasteiger partial charge < -0.3 is 14.8 Å². The minimum Gasteiger partial charge on any atom is -0.486 e. The van der Waals surface area contributed by atoms with Crippen molar-refractivity contribution in [3.63, 3.8) is 0 Å². The maximum Gasteiger partial charge on any atom is 0.161 e. The molecule has 1 aromatic carbocycles. The lowest BCUT2D eigenvalue weighted by Crippen LogP contribution is -2.23. The molecule has 106 valence electrons. The number of aryl methyl sites for hydroxylation is 1. The van der Waals surface area contributed by atoms with E-state index in [9.17, 15) is 0 Å². The molecule has 0 amide bonds. The third-order valence-corrected chi connectivity index (χ3v) is 3.45. The van der Waals surface area contributed by atoms with Gasteiger partial charge in [-0.25, -0.2) is 0 Å². The predicted octanol–water partition coefficient (Wildman–Crippen LogP) is 1.92. The number of hydrogen-bond acceptors (Lipinski definition) is 4. The summed E-state index contributed by atoms with van der Waals surface area (Å²) in [7, 11) is 1.96. The lowest BCUT2D eigenvalue weighted by Gasteiger charge is -2.22. The van der Waals surface area contributed by atoms with Gasteiger partial charge in [0.05, 0.1) is 18.8 Å². The third kappa shape index (κ3) is 2.63. The molecular formula is C15H19N3O2. The first-order chi connectivity index (χ1) is 9.76. The van der Waals surface area contributed by atoms with Crippen LogP contribution < -0.4 is 14.8 Å². The van der Waals surface area contributed by atoms with E-state index in [1.54, 1.807) is 0 Å². The van der Waals surface area contributed by atoms with Gasteiger partial charge >= 0.3 is 0 Å². The largest absolute Gasteiger partial charge is 0.486 e. The molecule has 5 heteroatoms. The zero-order valence-electron chi connectivity index (χ0n) is 11.8. The van der Waals surface area contributed by atoms with Gasteiger partial charge in [0.25, 0.3) is 0 Å². The lowest BCUT2D eigenvalue weighted by molar-refractivity contribution is 0.171. The molecule has 2 heterocycles. The maximum absolute atomic E-state index is 5.64. The van der Waals surface area contributed by atoms with Gasteiger partial charge in [0, 0.05) is 6.20 Å². The smallest absolute Gasteiger partial charge is 0.161 e. The van der Waals surface area contributed by atoms with Gasteiger partial charge in [0.1, 0.15) is 13.2 Å². The van der Waals surface area contributed by atoms with Crippen molar-refractivity contribution in [3.8, 4) is 11.5 Å². The van der Waals surface area contributed by atoms with Crippen LogP contribution in [0.5, 0.6) is 11.5 Å². The number of likely N-dealkylation sites (N-methyl/N-ethyl adjacent to an activating group) is 1. The van der Waals surface area contributed by atoms with E-state index >= 15 is 0 Å². The van der Waals surface area contributed by atoms with Crippen LogP contribution in [0.2, 0.25) is 0 Å². The van der Waals surface area contributed by atoms with Gasteiger partial charge in [-0.3, -0.25) is 4.68 Å². The zero-order chi connectivity index (χ0) is 13.9. The fourth-order valence-electron chi connectivity index (χ4n) is 2.39. The number of benzene rings is 1. The molecule has 1 aliphatic heterocycles. The van der Waals surface area contributed by atoms with Gasteiger partial charge in [-0.1, -0.05) is 6.07 Å². The second kappa shape index (κ2) is 5.54. The highest BCUT2D eigenvalue weighted by Crippen LogP contribution is 2.32. The van der Waals surface area contributed by atoms with E-state index in [1.165, 1.54) is 11.1 Å². The van der Waals surface area contributed by atoms with Gasteiger partial charge in [-0.05, 0) is 37.2 Å². The van der Waals surface area contributed by atoms with E-state index in [-0.39, 0.29) is 6.04 Å². The molecule has 0 radical (unpaired) electrons. The number of hydrogen-bond donors (Lipinski definition) is 1. The molecule has 5 nitrogen and oxygen atoms in total. The molecule has 1 atom stereocenters. The second-order valence-corrected chi connectivity index (χ2v) is 4.98. The van der Waals surface area contributed by atoms with Crippen molar-refractivity contribution < 1.29 is 9.47 Å². The highest BCUT2D eigenvalue weighted by molar-refractivity contribution is 5.44. The van der Waals surface area contributed by atoms with Crippen LogP contribution in [0.15, 0.2) is 30.6 Å². The van der Waals surface area contributed by atoms with Crippen molar-refractivity contribution in [3.05, 3.63) is 41.7 Å². The van der Waals surface area contributed by atoms with Crippen LogP contribution in [0.3, 0.4) is 0 Å². The van der Waals surface area contributed by atoms with Crippen LogP contribution in [0.4, 0.5) is 0 Å². The van der Waals surface area contributed by atoms with Crippen molar-refractivity contribution in [1.82, 2.24) is 15.1 Å². The van der Waals surface area contributed by atoms with Gasteiger partial charge in [0.15, 0.2) is 11.5 Å². The zero-order valence-corrected chi connectivity index (χ0v) is 11.8. The van der Waals surface area contributed by atoms with Crippen LogP contribution in [-0.2, 0) is 6.54 Å². The Morgan fingerprint density at radius 1 is 1.30 bits per heavy atom. The average Bonchev–Trinajstić information content (AvgIpc) is 2.89. The van der Waals surface area contributed by atoms with Crippen molar-refractivity contribution >= 4 is 0 Å². The first-order valence-electron chi connectivity index (χ1n) is 6.82. The Hall–Kier alpha value is -2.01. The topological polar surface area (TPSA) is 48.3 Å². The molecule has 1 N–H and O–H groups in total. The fraction of sp³-hybridized carbons (Fsp3) is 0.400. The Morgan fingerprint density at radius 2 is 2.10 bits per heavy atom. The first kappa shape index (κ1) is 13.0. The summed E-state index contributed by atoms with van der Waals surface area (Å²) < 4.78 is 13.1. The summed E-state index contributed by atoms with van der Waals surface area (Å²) in [6, 6.07) is 6.28. The highest BCUT2D eigenvalue weighted by atomic mass is 16.6. The molecule has 3 rings (SSSR count). The maximum atomic E-state index is 5.64. The van der Waals surface area contributed by atoms with E-state index in [1.807, 2.05) is 43.2 Å². The minimum atomic E-state index is 0.185. The summed E-state index contributed by atoms with van der Waals surface area (Å²) in [6.45, 7) is 4.05. The molecule has 1 aromatic heterocycles. The van der Waals surface area contributed by atoms with Gasteiger partial charge in [0.2, 0.25) is 0 Å². The van der Waals surface area contributed by atoms with Gasteiger partial charge in [-0.15, -0.1) is 0 Å². The minimum absolute atomic E-state index is 0.185. The predicted molar refractivity (Wildman–Crippen MR) is 76.2 cm³/mol. The molecule has 1 unspecified atom stereocenters. The van der Waals surface area contributed by atoms with Crippen molar-refractivity contribution in [2.45, 2.75) is 19.5 Å². The van der Waals surface area contributed by atoms with E-state index in [0.29, 0.717) is 13.2 Å². The fourth-order valence-corrected chi connectivity index (χ4v) is 2.39. The van der Waals surface area contributed by atoms with Crippen LogP contribution in [0.25, 0.3) is 0 Å². The van der Waals surface area contributed by atoms with E-state index in [0.717, 1.165) is 18.0 Å². The van der Waals surface area contributed by atoms with Crippen molar-refractivity contribution in [1.29, 1.82) is 0 Å². The Morgan fingerprint density at radius 3 is 2.80 bits per heavy atom.